The number of carbonyl (C=O) groups is 1. The summed E-state index contributed by atoms with van der Waals surface area (Å²) in [5.41, 5.74) is 1.25. The fourth-order valence-electron chi connectivity index (χ4n) is 1.79. The first-order valence-electron chi connectivity index (χ1n) is 5.34. The Balaban J connectivity index is 1.92. The Morgan fingerprint density at radius 1 is 1.44 bits per heavy atom. The van der Waals surface area contributed by atoms with Gasteiger partial charge in [0.2, 0.25) is 0 Å². The number of hydrogen-bond donors (Lipinski definition) is 2. The number of carboxylic acid groups (broad SMARTS) is 1. The maximum Gasteiger partial charge on any atom is 0.320 e. The summed E-state index contributed by atoms with van der Waals surface area (Å²) in [4.78, 5) is 12.0. The van der Waals surface area contributed by atoms with E-state index in [1.807, 2.05) is 0 Å². The molecule has 0 saturated carbocycles. The number of rotatable bonds is 3. The van der Waals surface area contributed by atoms with Crippen LogP contribution < -0.4 is 10.8 Å². The van der Waals surface area contributed by atoms with Gasteiger partial charge in [0, 0.05) is 16.7 Å². The van der Waals surface area contributed by atoms with E-state index >= 15 is 0 Å². The minimum atomic E-state index is -0.744. The van der Waals surface area contributed by atoms with Gasteiger partial charge in [0.15, 0.2) is 0 Å². The van der Waals surface area contributed by atoms with Crippen LogP contribution in [0.3, 0.4) is 0 Å². The molecule has 84 valence electrons. The van der Waals surface area contributed by atoms with E-state index in [9.17, 15) is 4.79 Å². The molecule has 2 rings (SSSR count). The fourth-order valence-corrected chi connectivity index (χ4v) is 2.94. The van der Waals surface area contributed by atoms with Crippen molar-refractivity contribution in [1.29, 1.82) is 0 Å². The average molecular weight is 235 g/mol. The summed E-state index contributed by atoms with van der Waals surface area (Å²) in [6.45, 7) is 0.773. The maximum absolute atomic E-state index is 10.8. The standard InChI is InChI=1S/C11H14BNO2S/c12-7-1-3-8(4-2-7)16-9-5-10(11(14)15)13-6-9/h1-4,9-10,13H,5-6,12H2,(H,14,15)/t9-,10-/m0/s1. The molecule has 0 bridgehead atoms. The number of benzene rings is 1. The number of carboxylic acids is 1. The van der Waals surface area contributed by atoms with Gasteiger partial charge in [-0.15, -0.1) is 11.8 Å². The smallest absolute Gasteiger partial charge is 0.320 e. The van der Waals surface area contributed by atoms with Gasteiger partial charge in [-0.3, -0.25) is 4.79 Å². The Labute approximate surface area is 100 Å². The lowest BCUT2D eigenvalue weighted by atomic mass is 9.97. The number of nitrogens with one attached hydrogen (secondary N) is 1. The van der Waals surface area contributed by atoms with Gasteiger partial charge in [-0.05, 0) is 18.6 Å². The lowest BCUT2D eigenvalue weighted by Crippen LogP contribution is -2.29. The molecule has 1 fully saturated rings. The Kier molecular flexibility index (Phi) is 3.56. The van der Waals surface area contributed by atoms with Crippen molar-refractivity contribution in [2.45, 2.75) is 22.6 Å². The van der Waals surface area contributed by atoms with Crippen molar-refractivity contribution < 1.29 is 9.90 Å². The Morgan fingerprint density at radius 2 is 2.12 bits per heavy atom. The van der Waals surface area contributed by atoms with Crippen LogP contribution in [0.1, 0.15) is 6.42 Å². The lowest BCUT2D eigenvalue weighted by Gasteiger charge is -2.08. The molecule has 2 atom stereocenters. The number of hydrogen-bond acceptors (Lipinski definition) is 3. The second-order valence-corrected chi connectivity index (χ2v) is 5.46. The first kappa shape index (κ1) is 11.5. The van der Waals surface area contributed by atoms with Gasteiger partial charge in [-0.2, -0.15) is 0 Å². The van der Waals surface area contributed by atoms with Gasteiger partial charge in [0.05, 0.1) is 0 Å². The third kappa shape index (κ3) is 2.80. The van der Waals surface area contributed by atoms with Crippen LogP contribution in [0.5, 0.6) is 0 Å². The summed E-state index contributed by atoms with van der Waals surface area (Å²) < 4.78 is 0. The molecule has 5 heteroatoms. The van der Waals surface area contributed by atoms with Crippen LogP contribution in [-0.2, 0) is 4.79 Å². The average Bonchev–Trinajstić information content (AvgIpc) is 2.70. The van der Waals surface area contributed by atoms with Crippen LogP contribution in [0.15, 0.2) is 29.2 Å². The van der Waals surface area contributed by atoms with Gasteiger partial charge in [-0.1, -0.05) is 17.6 Å². The van der Waals surface area contributed by atoms with E-state index in [2.05, 4.69) is 37.4 Å². The summed E-state index contributed by atoms with van der Waals surface area (Å²) in [6, 6.07) is 7.98. The van der Waals surface area contributed by atoms with E-state index in [0.717, 1.165) is 6.54 Å². The van der Waals surface area contributed by atoms with Crippen molar-refractivity contribution >= 4 is 31.0 Å². The molecule has 0 aliphatic carbocycles. The molecule has 0 spiro atoms. The zero-order chi connectivity index (χ0) is 11.5. The molecule has 1 aliphatic rings. The van der Waals surface area contributed by atoms with E-state index in [1.165, 1.54) is 10.4 Å². The molecule has 1 aliphatic heterocycles. The van der Waals surface area contributed by atoms with E-state index in [0.29, 0.717) is 11.7 Å². The third-order valence-corrected chi connectivity index (χ3v) is 3.95. The molecule has 1 heterocycles. The van der Waals surface area contributed by atoms with Gasteiger partial charge < -0.3 is 10.4 Å². The highest BCUT2D eigenvalue weighted by atomic mass is 32.2. The summed E-state index contributed by atoms with van der Waals surface area (Å²) in [6.07, 6.45) is 0.702. The van der Waals surface area contributed by atoms with Gasteiger partial charge in [0.1, 0.15) is 13.9 Å². The quantitative estimate of drug-likeness (QED) is 0.715. The molecule has 1 aromatic rings. The first-order chi connectivity index (χ1) is 7.65. The van der Waals surface area contributed by atoms with Gasteiger partial charge in [0.25, 0.3) is 0 Å². The van der Waals surface area contributed by atoms with Crippen LogP contribution in [-0.4, -0.2) is 36.8 Å². The first-order valence-corrected chi connectivity index (χ1v) is 6.22. The molecular weight excluding hydrogens is 221 g/mol. The van der Waals surface area contributed by atoms with Crippen molar-refractivity contribution in [3.05, 3.63) is 24.3 Å². The third-order valence-electron chi connectivity index (χ3n) is 2.71. The SMILES string of the molecule is Bc1ccc(S[C@@H]2CN[C@H](C(=O)O)C2)cc1. The molecule has 16 heavy (non-hydrogen) atoms. The Bertz CT molecular complexity index is 382. The molecule has 3 nitrogen and oxygen atoms in total. The maximum atomic E-state index is 10.8. The monoisotopic (exact) mass is 235 g/mol. The van der Waals surface area contributed by atoms with Crippen molar-refractivity contribution in [2.75, 3.05) is 6.54 Å². The van der Waals surface area contributed by atoms with Crippen LogP contribution >= 0.6 is 11.8 Å². The van der Waals surface area contributed by atoms with E-state index in [-0.39, 0.29) is 6.04 Å². The van der Waals surface area contributed by atoms with Crippen LogP contribution in [0.4, 0.5) is 0 Å². The molecule has 0 aromatic heterocycles. The summed E-state index contributed by atoms with van der Waals surface area (Å²) >= 11 is 1.76. The largest absolute Gasteiger partial charge is 0.480 e. The van der Waals surface area contributed by atoms with Crippen LogP contribution in [0.25, 0.3) is 0 Å². The molecule has 1 saturated heterocycles. The fraction of sp³-hybridized carbons (Fsp3) is 0.364. The van der Waals surface area contributed by atoms with Gasteiger partial charge in [-0.25, -0.2) is 0 Å². The topological polar surface area (TPSA) is 49.3 Å². The van der Waals surface area contributed by atoms with E-state index < -0.39 is 5.97 Å². The molecule has 0 unspecified atom stereocenters. The Morgan fingerprint density at radius 3 is 2.69 bits per heavy atom. The lowest BCUT2D eigenvalue weighted by molar-refractivity contribution is -0.139. The van der Waals surface area contributed by atoms with Crippen LogP contribution in [0, 0.1) is 0 Å². The second-order valence-electron chi connectivity index (χ2n) is 4.09. The van der Waals surface area contributed by atoms with Crippen molar-refractivity contribution in [2.24, 2.45) is 0 Å². The highest BCUT2D eigenvalue weighted by molar-refractivity contribution is 8.00. The number of thioether (sulfide) groups is 1. The van der Waals surface area contributed by atoms with Crippen molar-refractivity contribution in [3.8, 4) is 0 Å². The molecule has 1 aromatic carbocycles. The zero-order valence-electron chi connectivity index (χ0n) is 9.14. The van der Waals surface area contributed by atoms with E-state index in [1.54, 1.807) is 11.8 Å². The summed E-state index contributed by atoms with van der Waals surface area (Å²) in [5.74, 6) is -0.744. The second kappa shape index (κ2) is 4.93. The normalized spacial score (nSPS) is 24.5. The Hall–Kier alpha value is -0.935. The molecular formula is C11H14BNO2S. The van der Waals surface area contributed by atoms with Crippen molar-refractivity contribution in [1.82, 2.24) is 5.32 Å². The molecule has 0 radical (unpaired) electrons. The van der Waals surface area contributed by atoms with E-state index in [4.69, 9.17) is 5.11 Å². The zero-order valence-corrected chi connectivity index (χ0v) is 9.96. The predicted octanol–water partition coefficient (Wildman–Crippen LogP) is -0.148. The summed E-state index contributed by atoms with van der Waals surface area (Å²) in [7, 11) is 2.06. The minimum absolute atomic E-state index is 0.365. The van der Waals surface area contributed by atoms with Gasteiger partial charge >= 0.3 is 5.97 Å². The van der Waals surface area contributed by atoms with Crippen LogP contribution in [0.2, 0.25) is 0 Å². The predicted molar refractivity (Wildman–Crippen MR) is 68.3 cm³/mol. The molecule has 0 amide bonds. The van der Waals surface area contributed by atoms with Crippen molar-refractivity contribution in [3.63, 3.8) is 0 Å². The minimum Gasteiger partial charge on any atom is -0.480 e. The highest BCUT2D eigenvalue weighted by Crippen LogP contribution is 2.28. The highest BCUT2D eigenvalue weighted by Gasteiger charge is 2.29. The summed E-state index contributed by atoms with van der Waals surface area (Å²) in [5, 5.41) is 12.2. The molecule has 2 N–H and O–H groups in total. The number of aliphatic carboxylic acids is 1.